The first-order valence-corrected chi connectivity index (χ1v) is 6.54. The first-order valence-electron chi connectivity index (χ1n) is 6.16. The van der Waals surface area contributed by atoms with E-state index in [0.717, 1.165) is 25.3 Å². The highest BCUT2D eigenvalue weighted by Gasteiger charge is 2.09. The van der Waals surface area contributed by atoms with Crippen molar-refractivity contribution in [2.45, 2.75) is 33.1 Å². The second kappa shape index (κ2) is 7.33. The molecule has 0 aliphatic heterocycles. The van der Waals surface area contributed by atoms with E-state index in [9.17, 15) is 0 Å². The molecule has 0 aromatic carbocycles. The average molecular weight is 257 g/mol. The van der Waals surface area contributed by atoms with Gasteiger partial charge in [0, 0.05) is 20.1 Å². The number of hydrogen-bond donors (Lipinski definition) is 1. The molecule has 1 heterocycles. The molecule has 0 unspecified atom stereocenters. The van der Waals surface area contributed by atoms with E-state index in [1.807, 2.05) is 14.0 Å². The molecule has 0 bridgehead atoms. The minimum Gasteiger partial charge on any atom is -0.358 e. The quantitative estimate of drug-likeness (QED) is 0.761. The summed E-state index contributed by atoms with van der Waals surface area (Å²) in [6.45, 7) is 5.99. The molecule has 0 aliphatic rings. The summed E-state index contributed by atoms with van der Waals surface area (Å²) in [7, 11) is 2.01. The van der Waals surface area contributed by atoms with Gasteiger partial charge in [-0.1, -0.05) is 31.4 Å². The van der Waals surface area contributed by atoms with Gasteiger partial charge >= 0.3 is 0 Å². The van der Waals surface area contributed by atoms with Crippen LogP contribution in [0.15, 0.2) is 6.20 Å². The van der Waals surface area contributed by atoms with E-state index in [1.54, 1.807) is 6.20 Å². The third kappa shape index (κ3) is 4.38. The predicted molar refractivity (Wildman–Crippen MR) is 74.0 cm³/mol. The maximum absolute atomic E-state index is 6.11. The largest absolute Gasteiger partial charge is 0.358 e. The molecule has 4 nitrogen and oxygen atoms in total. The van der Waals surface area contributed by atoms with Crippen LogP contribution in [0.5, 0.6) is 0 Å². The Hall–Kier alpha value is -1.03. The topological polar surface area (TPSA) is 41.1 Å². The molecule has 0 spiro atoms. The molecule has 0 radical (unpaired) electrons. The number of anilines is 2. The second-order valence-corrected chi connectivity index (χ2v) is 4.43. The lowest BCUT2D eigenvalue weighted by molar-refractivity contribution is 0.701. The van der Waals surface area contributed by atoms with Crippen LogP contribution >= 0.6 is 11.6 Å². The van der Waals surface area contributed by atoms with Gasteiger partial charge in [-0.15, -0.1) is 0 Å². The highest BCUT2D eigenvalue weighted by molar-refractivity contribution is 6.32. The van der Waals surface area contributed by atoms with Crippen molar-refractivity contribution in [3.05, 3.63) is 11.2 Å². The van der Waals surface area contributed by atoms with Crippen molar-refractivity contribution in [1.82, 2.24) is 9.97 Å². The van der Waals surface area contributed by atoms with Crippen LogP contribution in [0, 0.1) is 0 Å². The van der Waals surface area contributed by atoms with E-state index in [4.69, 9.17) is 11.6 Å². The Kier molecular flexibility index (Phi) is 6.05. The highest BCUT2D eigenvalue weighted by atomic mass is 35.5. The average Bonchev–Trinajstić information content (AvgIpc) is 2.32. The fourth-order valence-electron chi connectivity index (χ4n) is 1.57. The van der Waals surface area contributed by atoms with Crippen molar-refractivity contribution >= 4 is 23.4 Å². The normalized spacial score (nSPS) is 10.4. The fraction of sp³-hybridized carbons (Fsp3) is 0.667. The fourth-order valence-corrected chi connectivity index (χ4v) is 1.81. The third-order valence-corrected chi connectivity index (χ3v) is 2.79. The van der Waals surface area contributed by atoms with Gasteiger partial charge in [-0.2, -0.15) is 4.98 Å². The molecule has 1 rings (SSSR count). The summed E-state index contributed by atoms with van der Waals surface area (Å²) in [5.74, 6) is 1.43. The van der Waals surface area contributed by atoms with Crippen LogP contribution in [0.4, 0.5) is 11.8 Å². The number of nitrogens with zero attached hydrogens (tertiary/aromatic N) is 3. The number of aromatic nitrogens is 2. The van der Waals surface area contributed by atoms with Gasteiger partial charge < -0.3 is 10.2 Å². The van der Waals surface area contributed by atoms with Crippen LogP contribution in [0.3, 0.4) is 0 Å². The van der Waals surface area contributed by atoms with Crippen LogP contribution in [0.1, 0.15) is 33.1 Å². The van der Waals surface area contributed by atoms with Gasteiger partial charge in [0.05, 0.1) is 6.20 Å². The Morgan fingerprint density at radius 3 is 2.76 bits per heavy atom. The van der Waals surface area contributed by atoms with Crippen LogP contribution < -0.4 is 10.2 Å². The van der Waals surface area contributed by atoms with Gasteiger partial charge in [0.2, 0.25) is 5.95 Å². The van der Waals surface area contributed by atoms with Crippen LogP contribution in [0.25, 0.3) is 0 Å². The van der Waals surface area contributed by atoms with Gasteiger partial charge in [0.1, 0.15) is 5.02 Å². The minimum atomic E-state index is 0.602. The summed E-state index contributed by atoms with van der Waals surface area (Å²) in [5, 5.41) is 3.69. The maximum atomic E-state index is 6.11. The number of nitrogens with one attached hydrogen (secondary N) is 1. The zero-order valence-corrected chi connectivity index (χ0v) is 11.6. The van der Waals surface area contributed by atoms with E-state index in [-0.39, 0.29) is 0 Å². The van der Waals surface area contributed by atoms with E-state index < -0.39 is 0 Å². The predicted octanol–water partition coefficient (Wildman–Crippen LogP) is 3.19. The molecule has 1 aromatic rings. The molecule has 1 aromatic heterocycles. The third-order valence-electron chi connectivity index (χ3n) is 2.52. The number of hydrogen-bond acceptors (Lipinski definition) is 4. The van der Waals surface area contributed by atoms with Gasteiger partial charge in [-0.3, -0.25) is 0 Å². The van der Waals surface area contributed by atoms with Crippen molar-refractivity contribution in [2.75, 3.05) is 30.4 Å². The number of halogens is 1. The Morgan fingerprint density at radius 1 is 1.35 bits per heavy atom. The highest BCUT2D eigenvalue weighted by Crippen LogP contribution is 2.22. The molecule has 0 fully saturated rings. The summed E-state index contributed by atoms with van der Waals surface area (Å²) >= 11 is 6.11. The van der Waals surface area contributed by atoms with Crippen LogP contribution in [0.2, 0.25) is 5.02 Å². The van der Waals surface area contributed by atoms with Gasteiger partial charge in [0.15, 0.2) is 5.82 Å². The van der Waals surface area contributed by atoms with E-state index in [2.05, 4.69) is 27.1 Å². The zero-order chi connectivity index (χ0) is 12.7. The molecule has 0 saturated heterocycles. The molecule has 0 saturated carbocycles. The van der Waals surface area contributed by atoms with Gasteiger partial charge in [-0.25, -0.2) is 4.98 Å². The zero-order valence-electron chi connectivity index (χ0n) is 10.8. The summed E-state index contributed by atoms with van der Waals surface area (Å²) in [6.07, 6.45) is 5.25. The monoisotopic (exact) mass is 256 g/mol. The second-order valence-electron chi connectivity index (χ2n) is 4.02. The molecular weight excluding hydrogens is 236 g/mol. The van der Waals surface area contributed by atoms with E-state index >= 15 is 0 Å². The summed E-state index contributed by atoms with van der Waals surface area (Å²) in [5.41, 5.74) is 0. The van der Waals surface area contributed by atoms with Crippen molar-refractivity contribution in [1.29, 1.82) is 0 Å². The summed E-state index contributed by atoms with van der Waals surface area (Å²) in [6, 6.07) is 0. The lowest BCUT2D eigenvalue weighted by atomic mass is 10.2. The van der Waals surface area contributed by atoms with E-state index in [0.29, 0.717) is 11.0 Å². The van der Waals surface area contributed by atoms with Crippen molar-refractivity contribution in [3.8, 4) is 0 Å². The Morgan fingerprint density at radius 2 is 2.12 bits per heavy atom. The lowest BCUT2D eigenvalue weighted by Gasteiger charge is -2.19. The first kappa shape index (κ1) is 14.0. The minimum absolute atomic E-state index is 0.602. The molecule has 5 heteroatoms. The van der Waals surface area contributed by atoms with Crippen molar-refractivity contribution < 1.29 is 0 Å². The van der Waals surface area contributed by atoms with Crippen molar-refractivity contribution in [3.63, 3.8) is 0 Å². The molecule has 0 amide bonds. The summed E-state index contributed by atoms with van der Waals surface area (Å²) in [4.78, 5) is 10.6. The SMILES string of the molecule is CCCCCN(C)c1nc(NCC)ncc1Cl. The van der Waals surface area contributed by atoms with Crippen molar-refractivity contribution in [2.24, 2.45) is 0 Å². The van der Waals surface area contributed by atoms with Gasteiger partial charge in [0.25, 0.3) is 0 Å². The molecule has 17 heavy (non-hydrogen) atoms. The summed E-state index contributed by atoms with van der Waals surface area (Å²) < 4.78 is 0. The molecule has 0 atom stereocenters. The van der Waals surface area contributed by atoms with E-state index in [1.165, 1.54) is 12.8 Å². The van der Waals surface area contributed by atoms with Crippen LogP contribution in [-0.2, 0) is 0 Å². The Bertz CT molecular complexity index is 343. The standard InChI is InChI=1S/C12H21ClN4/c1-4-6-7-8-17(3)11-10(13)9-15-12(16-11)14-5-2/h9H,4-8H2,1-3H3,(H,14,15,16). The Balaban J connectivity index is 2.69. The smallest absolute Gasteiger partial charge is 0.224 e. The number of unbranched alkanes of at least 4 members (excludes halogenated alkanes) is 2. The Labute approximate surface area is 108 Å². The number of rotatable bonds is 7. The van der Waals surface area contributed by atoms with Gasteiger partial charge in [-0.05, 0) is 13.3 Å². The lowest BCUT2D eigenvalue weighted by Crippen LogP contribution is -2.21. The molecular formula is C12H21ClN4. The molecule has 1 N–H and O–H groups in total. The maximum Gasteiger partial charge on any atom is 0.224 e. The first-order chi connectivity index (χ1) is 8.19. The molecule has 0 aliphatic carbocycles. The molecule has 96 valence electrons. The van der Waals surface area contributed by atoms with Crippen LogP contribution in [-0.4, -0.2) is 30.1 Å².